The van der Waals surface area contributed by atoms with Crippen molar-refractivity contribution >= 4 is 17.7 Å². The average molecular weight is 296 g/mol. The molecule has 0 bridgehead atoms. The molecule has 2 aromatic carbocycles. The van der Waals surface area contributed by atoms with Gasteiger partial charge in [0, 0.05) is 5.69 Å². The number of carboxylic acids is 1. The molecule has 0 saturated heterocycles. The summed E-state index contributed by atoms with van der Waals surface area (Å²) in [6, 6.07) is 14.8. The summed E-state index contributed by atoms with van der Waals surface area (Å²) in [5.74, 6) is -1.18. The fraction of sp³-hybridized carbons (Fsp3) is 0.0625. The van der Waals surface area contributed by atoms with Crippen LogP contribution in [0.3, 0.4) is 0 Å². The Morgan fingerprint density at radius 2 is 1.91 bits per heavy atom. The zero-order chi connectivity index (χ0) is 15.9. The summed E-state index contributed by atoms with van der Waals surface area (Å²) in [6.07, 6.45) is -0.727. The van der Waals surface area contributed by atoms with Gasteiger partial charge in [0.2, 0.25) is 0 Å². The molecule has 0 aromatic heterocycles. The van der Waals surface area contributed by atoms with Gasteiger partial charge in [0.25, 0.3) is 0 Å². The average Bonchev–Trinajstić information content (AvgIpc) is 2.53. The van der Waals surface area contributed by atoms with Gasteiger partial charge in [-0.1, -0.05) is 30.3 Å². The molecule has 1 amide bonds. The van der Waals surface area contributed by atoms with Gasteiger partial charge >= 0.3 is 12.1 Å². The van der Waals surface area contributed by atoms with Crippen molar-refractivity contribution in [2.45, 2.75) is 6.61 Å². The zero-order valence-electron chi connectivity index (χ0n) is 11.4. The lowest BCUT2D eigenvalue weighted by atomic mass is 10.1. The predicted octanol–water partition coefficient (Wildman–Crippen LogP) is 3.01. The number of carboxylic acid groups (broad SMARTS) is 1. The Labute approximate surface area is 126 Å². The van der Waals surface area contributed by atoms with E-state index in [1.165, 1.54) is 18.2 Å². The van der Waals surface area contributed by atoms with Gasteiger partial charge in [0.15, 0.2) is 0 Å². The summed E-state index contributed by atoms with van der Waals surface area (Å²) >= 11 is 0. The third-order valence-corrected chi connectivity index (χ3v) is 2.77. The van der Waals surface area contributed by atoms with E-state index in [0.29, 0.717) is 0 Å². The Morgan fingerprint density at radius 1 is 1.18 bits per heavy atom. The number of carbonyl (C=O) groups is 2. The zero-order valence-corrected chi connectivity index (χ0v) is 11.4. The van der Waals surface area contributed by atoms with Crippen molar-refractivity contribution in [3.63, 3.8) is 0 Å². The van der Waals surface area contributed by atoms with Crippen LogP contribution in [0.1, 0.15) is 21.5 Å². The minimum Gasteiger partial charge on any atom is -0.478 e. The summed E-state index contributed by atoms with van der Waals surface area (Å²) in [5.41, 5.74) is 1.07. The van der Waals surface area contributed by atoms with Gasteiger partial charge in [-0.15, -0.1) is 0 Å². The van der Waals surface area contributed by atoms with Gasteiger partial charge in [-0.05, 0) is 23.8 Å². The number of ether oxygens (including phenoxy) is 1. The second kappa shape index (κ2) is 6.90. The summed E-state index contributed by atoms with van der Waals surface area (Å²) in [6.45, 7) is 0.0937. The Hall–Kier alpha value is -3.33. The van der Waals surface area contributed by atoms with Crippen LogP contribution in [-0.2, 0) is 11.3 Å². The third kappa shape index (κ3) is 4.08. The molecule has 0 atom stereocenters. The van der Waals surface area contributed by atoms with Crippen molar-refractivity contribution in [1.82, 2.24) is 0 Å². The van der Waals surface area contributed by atoms with Crippen LogP contribution >= 0.6 is 0 Å². The standard InChI is InChI=1S/C16H12N2O4/c17-9-12-6-13(15(19)20)8-14(7-12)18-16(21)22-10-11-4-2-1-3-5-11/h1-8H,10H2,(H,18,21)(H,19,20). The minimum atomic E-state index is -1.18. The van der Waals surface area contributed by atoms with Crippen LogP contribution in [0.15, 0.2) is 48.5 Å². The quantitative estimate of drug-likeness (QED) is 0.903. The second-order valence-corrected chi connectivity index (χ2v) is 4.40. The lowest BCUT2D eigenvalue weighted by molar-refractivity contribution is 0.0696. The molecular weight excluding hydrogens is 284 g/mol. The number of nitriles is 1. The normalized spacial score (nSPS) is 9.59. The molecule has 0 aliphatic carbocycles. The minimum absolute atomic E-state index is 0.0857. The molecule has 2 N–H and O–H groups in total. The van der Waals surface area contributed by atoms with Gasteiger partial charge < -0.3 is 9.84 Å². The number of nitrogens with zero attached hydrogens (tertiary/aromatic N) is 1. The number of nitrogens with one attached hydrogen (secondary N) is 1. The Kier molecular flexibility index (Phi) is 4.73. The molecule has 0 fully saturated rings. The van der Waals surface area contributed by atoms with Crippen molar-refractivity contribution in [2.24, 2.45) is 0 Å². The van der Waals surface area contributed by atoms with Gasteiger partial charge in [-0.25, -0.2) is 9.59 Å². The molecule has 0 heterocycles. The summed E-state index contributed by atoms with van der Waals surface area (Å²) < 4.78 is 5.03. The third-order valence-electron chi connectivity index (χ3n) is 2.77. The number of hydrogen-bond acceptors (Lipinski definition) is 4. The van der Waals surface area contributed by atoms with Crippen LogP contribution in [0, 0.1) is 11.3 Å². The van der Waals surface area contributed by atoms with Crippen LogP contribution in [-0.4, -0.2) is 17.2 Å². The smallest absolute Gasteiger partial charge is 0.411 e. The first-order chi connectivity index (χ1) is 10.6. The molecule has 6 nitrogen and oxygen atoms in total. The SMILES string of the molecule is N#Cc1cc(NC(=O)OCc2ccccc2)cc(C(=O)O)c1. The van der Waals surface area contributed by atoms with Crippen LogP contribution in [0.4, 0.5) is 10.5 Å². The first-order valence-electron chi connectivity index (χ1n) is 6.34. The molecule has 0 aliphatic heterocycles. The lowest BCUT2D eigenvalue weighted by Gasteiger charge is -2.08. The van der Waals surface area contributed by atoms with E-state index >= 15 is 0 Å². The van der Waals surface area contributed by atoms with Crippen LogP contribution in [0.5, 0.6) is 0 Å². The van der Waals surface area contributed by atoms with Crippen molar-refractivity contribution in [3.8, 4) is 6.07 Å². The monoisotopic (exact) mass is 296 g/mol. The molecule has 110 valence electrons. The number of hydrogen-bond donors (Lipinski definition) is 2. The van der Waals surface area contributed by atoms with E-state index < -0.39 is 12.1 Å². The van der Waals surface area contributed by atoms with Gasteiger partial charge in [0.1, 0.15) is 6.61 Å². The number of anilines is 1. The molecule has 0 saturated carbocycles. The van der Waals surface area contributed by atoms with E-state index in [1.807, 2.05) is 36.4 Å². The molecule has 2 aromatic rings. The number of benzene rings is 2. The number of aromatic carboxylic acids is 1. The number of rotatable bonds is 4. The van der Waals surface area contributed by atoms with Gasteiger partial charge in [0.05, 0.1) is 17.2 Å². The van der Waals surface area contributed by atoms with E-state index in [-0.39, 0.29) is 23.4 Å². The molecule has 22 heavy (non-hydrogen) atoms. The highest BCUT2D eigenvalue weighted by Crippen LogP contribution is 2.15. The van der Waals surface area contributed by atoms with E-state index in [2.05, 4.69) is 5.32 Å². The first kappa shape index (κ1) is 15.1. The summed E-state index contributed by atoms with van der Waals surface area (Å²) in [7, 11) is 0. The lowest BCUT2D eigenvalue weighted by Crippen LogP contribution is -2.14. The van der Waals surface area contributed by atoms with Gasteiger partial charge in [-0.2, -0.15) is 5.26 Å². The van der Waals surface area contributed by atoms with E-state index in [0.717, 1.165) is 5.56 Å². The summed E-state index contributed by atoms with van der Waals surface area (Å²) in [5, 5.41) is 20.2. The maximum absolute atomic E-state index is 11.7. The maximum Gasteiger partial charge on any atom is 0.411 e. The molecule has 0 radical (unpaired) electrons. The fourth-order valence-corrected chi connectivity index (χ4v) is 1.76. The topological polar surface area (TPSA) is 99.4 Å². The van der Waals surface area contributed by atoms with E-state index in [4.69, 9.17) is 15.1 Å². The summed E-state index contributed by atoms with van der Waals surface area (Å²) in [4.78, 5) is 22.7. The van der Waals surface area contributed by atoms with Crippen molar-refractivity contribution in [1.29, 1.82) is 5.26 Å². The number of amides is 1. The largest absolute Gasteiger partial charge is 0.478 e. The van der Waals surface area contributed by atoms with Crippen molar-refractivity contribution in [3.05, 3.63) is 65.2 Å². The van der Waals surface area contributed by atoms with E-state index in [1.54, 1.807) is 0 Å². The fourth-order valence-electron chi connectivity index (χ4n) is 1.76. The first-order valence-corrected chi connectivity index (χ1v) is 6.34. The van der Waals surface area contributed by atoms with Crippen LogP contribution < -0.4 is 5.32 Å². The Bertz CT molecular complexity index is 736. The van der Waals surface area contributed by atoms with Crippen molar-refractivity contribution in [2.75, 3.05) is 5.32 Å². The highest BCUT2D eigenvalue weighted by molar-refractivity contribution is 5.92. The van der Waals surface area contributed by atoms with Crippen LogP contribution in [0.25, 0.3) is 0 Å². The second-order valence-electron chi connectivity index (χ2n) is 4.40. The maximum atomic E-state index is 11.7. The van der Waals surface area contributed by atoms with Crippen molar-refractivity contribution < 1.29 is 19.4 Å². The van der Waals surface area contributed by atoms with Crippen LogP contribution in [0.2, 0.25) is 0 Å². The highest BCUT2D eigenvalue weighted by atomic mass is 16.5. The predicted molar refractivity (Wildman–Crippen MR) is 78.4 cm³/mol. The number of carbonyl (C=O) groups excluding carboxylic acids is 1. The molecule has 2 rings (SSSR count). The Morgan fingerprint density at radius 3 is 2.55 bits per heavy atom. The molecule has 6 heteroatoms. The van der Waals surface area contributed by atoms with Gasteiger partial charge in [-0.3, -0.25) is 5.32 Å². The molecular formula is C16H12N2O4. The van der Waals surface area contributed by atoms with E-state index in [9.17, 15) is 9.59 Å². The highest BCUT2D eigenvalue weighted by Gasteiger charge is 2.10. The molecule has 0 spiro atoms. The molecule has 0 aliphatic rings. The molecule has 0 unspecified atom stereocenters. The Balaban J connectivity index is 2.03.